The van der Waals surface area contributed by atoms with Crippen molar-refractivity contribution in [3.05, 3.63) is 9.66 Å². The zero-order valence-corrected chi connectivity index (χ0v) is 22.1. The van der Waals surface area contributed by atoms with Gasteiger partial charge in [0.05, 0.1) is 0 Å². The van der Waals surface area contributed by atoms with Gasteiger partial charge in [0.1, 0.15) is 0 Å². The molecule has 0 bridgehead atoms. The highest BCUT2D eigenvalue weighted by Crippen LogP contribution is 2.52. The molecule has 0 radical (unpaired) electrons. The van der Waals surface area contributed by atoms with Gasteiger partial charge in [0.15, 0.2) is 0 Å². The minimum atomic E-state index is -0.640. The normalized spacial score (nSPS) is 21.7. The standard InChI is InChI=1S/C25H45IO2/c1-22(2,3)16-23(4,5)11-10-20(15-26)25(8,9)17-24(6,7)14-19-12-18(19)13-21(27)28/h15,18-19H,10-14,16-17H2,1-9H3,(H,27,28)/b20-15+. The molecule has 0 amide bonds. The van der Waals surface area contributed by atoms with Crippen LogP contribution in [0.2, 0.25) is 0 Å². The predicted octanol–water partition coefficient (Wildman–Crippen LogP) is 8.49. The third-order valence-corrected chi connectivity index (χ3v) is 7.07. The molecular weight excluding hydrogens is 459 g/mol. The molecular formula is C25H45IO2. The Morgan fingerprint density at radius 1 is 0.964 bits per heavy atom. The van der Waals surface area contributed by atoms with E-state index in [2.05, 4.69) is 89.0 Å². The molecule has 0 aromatic rings. The quantitative estimate of drug-likeness (QED) is 0.287. The fourth-order valence-corrected chi connectivity index (χ4v) is 6.82. The van der Waals surface area contributed by atoms with Crippen LogP contribution in [0.15, 0.2) is 9.66 Å². The van der Waals surface area contributed by atoms with Gasteiger partial charge in [-0.2, -0.15) is 0 Å². The van der Waals surface area contributed by atoms with Gasteiger partial charge in [0, 0.05) is 6.42 Å². The molecule has 0 saturated heterocycles. The van der Waals surface area contributed by atoms with Crippen molar-refractivity contribution in [2.24, 2.45) is 33.5 Å². The van der Waals surface area contributed by atoms with Crippen LogP contribution in [-0.2, 0) is 4.79 Å². The maximum Gasteiger partial charge on any atom is 0.303 e. The summed E-state index contributed by atoms with van der Waals surface area (Å²) in [5, 5.41) is 9.02. The topological polar surface area (TPSA) is 37.3 Å². The molecule has 164 valence electrons. The number of hydrogen-bond acceptors (Lipinski definition) is 1. The van der Waals surface area contributed by atoms with Gasteiger partial charge < -0.3 is 5.11 Å². The van der Waals surface area contributed by atoms with Crippen LogP contribution in [0, 0.1) is 33.5 Å². The van der Waals surface area contributed by atoms with Crippen LogP contribution in [0.5, 0.6) is 0 Å². The number of halogens is 1. The number of allylic oxidation sites excluding steroid dienone is 1. The largest absolute Gasteiger partial charge is 0.481 e. The minimum Gasteiger partial charge on any atom is -0.481 e. The van der Waals surface area contributed by atoms with Crippen LogP contribution in [0.1, 0.15) is 107 Å². The van der Waals surface area contributed by atoms with Crippen LogP contribution in [0.25, 0.3) is 0 Å². The average Bonchev–Trinajstić information content (AvgIpc) is 3.09. The smallest absolute Gasteiger partial charge is 0.303 e. The van der Waals surface area contributed by atoms with Crippen molar-refractivity contribution in [2.45, 2.75) is 107 Å². The highest BCUT2D eigenvalue weighted by atomic mass is 127. The lowest BCUT2D eigenvalue weighted by molar-refractivity contribution is -0.137. The van der Waals surface area contributed by atoms with Gasteiger partial charge in [-0.25, -0.2) is 0 Å². The van der Waals surface area contributed by atoms with Gasteiger partial charge in [-0.3, -0.25) is 4.79 Å². The Kier molecular flexibility index (Phi) is 8.71. The molecule has 28 heavy (non-hydrogen) atoms. The lowest BCUT2D eigenvalue weighted by Crippen LogP contribution is -2.27. The first-order valence-corrected chi connectivity index (χ1v) is 12.2. The average molecular weight is 505 g/mol. The lowest BCUT2D eigenvalue weighted by Gasteiger charge is -2.39. The van der Waals surface area contributed by atoms with Crippen LogP contribution in [0.4, 0.5) is 0 Å². The van der Waals surface area contributed by atoms with E-state index in [1.54, 1.807) is 5.57 Å². The van der Waals surface area contributed by atoms with Crippen LogP contribution >= 0.6 is 22.6 Å². The Morgan fingerprint density at radius 3 is 2.00 bits per heavy atom. The summed E-state index contributed by atoms with van der Waals surface area (Å²) in [6, 6.07) is 0. The molecule has 0 aromatic carbocycles. The van der Waals surface area contributed by atoms with Gasteiger partial charge in [0.25, 0.3) is 0 Å². The fraction of sp³-hybridized carbons (Fsp3) is 0.880. The first-order chi connectivity index (χ1) is 12.5. The lowest BCUT2D eigenvalue weighted by atomic mass is 9.67. The zero-order valence-electron chi connectivity index (χ0n) is 19.9. The molecule has 1 N–H and O–H groups in total. The summed E-state index contributed by atoms with van der Waals surface area (Å²) in [5.74, 6) is 0.385. The molecule has 2 unspecified atom stereocenters. The summed E-state index contributed by atoms with van der Waals surface area (Å²) in [7, 11) is 0. The summed E-state index contributed by atoms with van der Waals surface area (Å²) in [6.07, 6.45) is 7.40. The van der Waals surface area contributed by atoms with Crippen molar-refractivity contribution in [1.82, 2.24) is 0 Å². The van der Waals surface area contributed by atoms with E-state index in [-0.39, 0.29) is 10.8 Å². The molecule has 1 aliphatic rings. The maximum absolute atomic E-state index is 10.9. The van der Waals surface area contributed by atoms with E-state index in [9.17, 15) is 4.79 Å². The molecule has 2 atom stereocenters. The Balaban J connectivity index is 2.66. The second-order valence-electron chi connectivity index (χ2n) is 12.8. The maximum atomic E-state index is 10.9. The minimum absolute atomic E-state index is 0.180. The first-order valence-electron chi connectivity index (χ1n) is 11.0. The van der Waals surface area contributed by atoms with Gasteiger partial charge in [-0.1, -0.05) is 90.5 Å². The van der Waals surface area contributed by atoms with Crippen molar-refractivity contribution < 1.29 is 9.90 Å². The Bertz CT molecular complexity index is 564. The van der Waals surface area contributed by atoms with Crippen molar-refractivity contribution in [3.8, 4) is 0 Å². The molecule has 0 heterocycles. The van der Waals surface area contributed by atoms with E-state index in [4.69, 9.17) is 5.11 Å². The number of rotatable bonds is 11. The second-order valence-corrected chi connectivity index (χ2v) is 13.4. The Morgan fingerprint density at radius 2 is 1.54 bits per heavy atom. The van der Waals surface area contributed by atoms with E-state index >= 15 is 0 Å². The van der Waals surface area contributed by atoms with Gasteiger partial charge >= 0.3 is 5.97 Å². The SMILES string of the molecule is CC(C)(C)CC(C)(C)CC/C(=C\I)C(C)(C)CC(C)(C)CC1CC1CC(=O)O. The number of aliphatic carboxylic acids is 1. The summed E-state index contributed by atoms with van der Waals surface area (Å²) < 4.78 is 2.32. The van der Waals surface area contributed by atoms with Crippen LogP contribution < -0.4 is 0 Å². The first kappa shape index (κ1) is 26.0. The zero-order chi connectivity index (χ0) is 22.0. The fourth-order valence-electron chi connectivity index (χ4n) is 5.66. The number of carboxylic acid groups (broad SMARTS) is 1. The number of hydrogen-bond donors (Lipinski definition) is 1. The van der Waals surface area contributed by atoms with E-state index in [1.807, 2.05) is 0 Å². The van der Waals surface area contributed by atoms with E-state index < -0.39 is 5.97 Å². The summed E-state index contributed by atoms with van der Waals surface area (Å²) in [6.45, 7) is 21.4. The van der Waals surface area contributed by atoms with E-state index in [0.29, 0.717) is 29.1 Å². The molecule has 0 aliphatic heterocycles. The Labute approximate surface area is 188 Å². The van der Waals surface area contributed by atoms with Gasteiger partial charge in [-0.15, -0.1) is 0 Å². The molecule has 1 rings (SSSR count). The third-order valence-electron chi connectivity index (χ3n) is 6.32. The highest BCUT2D eigenvalue weighted by Gasteiger charge is 2.43. The third kappa shape index (κ3) is 9.63. The summed E-state index contributed by atoms with van der Waals surface area (Å²) in [5.41, 5.74) is 2.71. The molecule has 0 aromatic heterocycles. The van der Waals surface area contributed by atoms with Gasteiger partial charge in [-0.05, 0) is 76.1 Å². The van der Waals surface area contributed by atoms with E-state index in [0.717, 1.165) is 19.3 Å². The predicted molar refractivity (Wildman–Crippen MR) is 130 cm³/mol. The summed E-state index contributed by atoms with van der Waals surface area (Å²) in [4.78, 5) is 10.9. The summed E-state index contributed by atoms with van der Waals surface area (Å²) >= 11 is 2.43. The van der Waals surface area contributed by atoms with Crippen LogP contribution in [-0.4, -0.2) is 11.1 Å². The number of carbonyl (C=O) groups is 1. The molecule has 1 saturated carbocycles. The Hall–Kier alpha value is -0.0600. The monoisotopic (exact) mass is 504 g/mol. The highest BCUT2D eigenvalue weighted by molar-refractivity contribution is 14.1. The van der Waals surface area contributed by atoms with E-state index in [1.165, 1.54) is 19.3 Å². The van der Waals surface area contributed by atoms with Crippen molar-refractivity contribution in [3.63, 3.8) is 0 Å². The molecule has 2 nitrogen and oxygen atoms in total. The van der Waals surface area contributed by atoms with Crippen molar-refractivity contribution in [1.29, 1.82) is 0 Å². The van der Waals surface area contributed by atoms with Crippen molar-refractivity contribution >= 4 is 28.6 Å². The molecule has 0 spiro atoms. The van der Waals surface area contributed by atoms with Crippen LogP contribution in [0.3, 0.4) is 0 Å². The second kappa shape index (κ2) is 9.39. The molecule has 3 heteroatoms. The number of carboxylic acids is 1. The molecule has 1 fully saturated rings. The molecule has 1 aliphatic carbocycles. The van der Waals surface area contributed by atoms with Crippen molar-refractivity contribution in [2.75, 3.05) is 0 Å². The van der Waals surface area contributed by atoms with Gasteiger partial charge in [0.2, 0.25) is 0 Å².